The number of nitrogens with one attached hydrogen (secondary N) is 2. The summed E-state index contributed by atoms with van der Waals surface area (Å²) in [5.41, 5.74) is 1.80. The highest BCUT2D eigenvalue weighted by molar-refractivity contribution is 7.14. The van der Waals surface area contributed by atoms with Crippen LogP contribution in [-0.2, 0) is 33.7 Å². The molecule has 4 aromatic rings. The van der Waals surface area contributed by atoms with Gasteiger partial charge in [0.2, 0.25) is 0 Å². The van der Waals surface area contributed by atoms with E-state index in [0.717, 1.165) is 34.9 Å². The average Bonchev–Trinajstić information content (AvgIpc) is 3.56. The first-order valence-corrected chi connectivity index (χ1v) is 14.9. The van der Waals surface area contributed by atoms with E-state index in [1.807, 2.05) is 27.0 Å². The number of amides is 1. The Kier molecular flexibility index (Phi) is 7.45. The maximum Gasteiger partial charge on any atom is 0.290 e. The molecule has 0 saturated carbocycles. The molecule has 1 aliphatic heterocycles. The summed E-state index contributed by atoms with van der Waals surface area (Å²) in [7, 11) is 3.35. The molecule has 4 heterocycles. The molecule has 1 atom stereocenters. The third-order valence-electron chi connectivity index (χ3n) is 8.29. The van der Waals surface area contributed by atoms with Crippen molar-refractivity contribution in [2.45, 2.75) is 45.9 Å². The van der Waals surface area contributed by atoms with Crippen molar-refractivity contribution >= 4 is 34.4 Å². The van der Waals surface area contributed by atoms with Gasteiger partial charge in [-0.25, -0.2) is 9.07 Å². The first-order chi connectivity index (χ1) is 20.4. The molecule has 1 aliphatic carbocycles. The van der Waals surface area contributed by atoms with Crippen LogP contribution in [0.5, 0.6) is 0 Å². The molecule has 6 rings (SSSR count). The number of rotatable bonds is 8. The molecule has 1 saturated heterocycles. The zero-order valence-electron chi connectivity index (χ0n) is 24.4. The molecule has 0 spiro atoms. The number of thiophene rings is 1. The summed E-state index contributed by atoms with van der Waals surface area (Å²) in [4.78, 5) is 29.8. The summed E-state index contributed by atoms with van der Waals surface area (Å²) >= 11 is 1.27. The van der Waals surface area contributed by atoms with E-state index in [1.54, 1.807) is 10.7 Å². The van der Waals surface area contributed by atoms with Crippen molar-refractivity contribution in [2.24, 2.45) is 19.5 Å². The van der Waals surface area contributed by atoms with Gasteiger partial charge in [0.15, 0.2) is 5.82 Å². The van der Waals surface area contributed by atoms with Gasteiger partial charge in [0.1, 0.15) is 11.5 Å². The van der Waals surface area contributed by atoms with E-state index in [0.29, 0.717) is 33.9 Å². The fourth-order valence-electron chi connectivity index (χ4n) is 5.64. The van der Waals surface area contributed by atoms with Crippen molar-refractivity contribution < 1.29 is 19.4 Å². The third kappa shape index (κ3) is 5.37. The Morgan fingerprint density at radius 3 is 2.60 bits per heavy atom. The van der Waals surface area contributed by atoms with Crippen molar-refractivity contribution in [3.8, 4) is 11.3 Å². The standard InChI is InChI=1S/C30H34FN7O4S/c1-30(2)13-24-18(27(30)40)11-23(43-24)28(41)33-26-19(15-39)17(6-7-20(26)31)21-12-22(29(42)37(4)34-21)32-25-10-16(36(3)35-25)14-38-8-5-9-38/h6-7,10-12,27,39-40H,5,8-9,13-15H2,1-4H3,(H,32,35)(H,33,41). The molecule has 4 N–H and O–H groups in total. The molecule has 1 fully saturated rings. The highest BCUT2D eigenvalue weighted by Crippen LogP contribution is 2.48. The van der Waals surface area contributed by atoms with Crippen LogP contribution in [0.3, 0.4) is 0 Å². The fourth-order valence-corrected chi connectivity index (χ4v) is 6.97. The van der Waals surface area contributed by atoms with Crippen molar-refractivity contribution in [1.29, 1.82) is 0 Å². The summed E-state index contributed by atoms with van der Waals surface area (Å²) in [5, 5.41) is 35.5. The van der Waals surface area contributed by atoms with Crippen LogP contribution in [0.25, 0.3) is 11.3 Å². The lowest BCUT2D eigenvalue weighted by Crippen LogP contribution is -2.36. The molecular weight excluding hydrogens is 573 g/mol. The monoisotopic (exact) mass is 607 g/mol. The molecule has 1 amide bonds. The molecule has 13 heteroatoms. The van der Waals surface area contributed by atoms with E-state index >= 15 is 4.39 Å². The summed E-state index contributed by atoms with van der Waals surface area (Å²) in [6.45, 7) is 6.20. The quantitative estimate of drug-likeness (QED) is 0.238. The second-order valence-electron chi connectivity index (χ2n) is 11.9. The average molecular weight is 608 g/mol. The van der Waals surface area contributed by atoms with Gasteiger partial charge >= 0.3 is 0 Å². The van der Waals surface area contributed by atoms with E-state index in [4.69, 9.17) is 0 Å². The number of carbonyl (C=O) groups excluding carboxylic acids is 1. The highest BCUT2D eigenvalue weighted by atomic mass is 32.1. The summed E-state index contributed by atoms with van der Waals surface area (Å²) in [6, 6.07) is 7.71. The van der Waals surface area contributed by atoms with E-state index in [2.05, 4.69) is 25.7 Å². The second-order valence-corrected chi connectivity index (χ2v) is 13.0. The van der Waals surface area contributed by atoms with Gasteiger partial charge in [0.25, 0.3) is 11.5 Å². The molecule has 11 nitrogen and oxygen atoms in total. The van der Waals surface area contributed by atoms with Gasteiger partial charge in [-0.3, -0.25) is 19.2 Å². The third-order valence-corrected chi connectivity index (χ3v) is 9.44. The smallest absolute Gasteiger partial charge is 0.290 e. The number of anilines is 3. The summed E-state index contributed by atoms with van der Waals surface area (Å²) in [6.07, 6.45) is 1.13. The van der Waals surface area contributed by atoms with E-state index in [-0.39, 0.29) is 22.4 Å². The number of fused-ring (bicyclic) bond motifs is 1. The number of hydrogen-bond donors (Lipinski definition) is 4. The van der Waals surface area contributed by atoms with Crippen LogP contribution in [0.2, 0.25) is 0 Å². The highest BCUT2D eigenvalue weighted by Gasteiger charge is 2.40. The second kappa shape index (κ2) is 11.0. The summed E-state index contributed by atoms with van der Waals surface area (Å²) < 4.78 is 18.1. The van der Waals surface area contributed by atoms with Crippen LogP contribution in [0, 0.1) is 11.2 Å². The van der Waals surface area contributed by atoms with Crippen LogP contribution in [0.1, 0.15) is 57.7 Å². The molecule has 1 aromatic carbocycles. The fraction of sp³-hybridized carbons (Fsp3) is 0.400. The predicted octanol–water partition coefficient (Wildman–Crippen LogP) is 3.69. The van der Waals surface area contributed by atoms with Crippen molar-refractivity contribution in [2.75, 3.05) is 23.7 Å². The van der Waals surface area contributed by atoms with Gasteiger partial charge < -0.3 is 20.8 Å². The van der Waals surface area contributed by atoms with E-state index < -0.39 is 30.0 Å². The zero-order chi connectivity index (χ0) is 30.6. The lowest BCUT2D eigenvalue weighted by Gasteiger charge is -2.30. The van der Waals surface area contributed by atoms with Gasteiger partial charge in [-0.05, 0) is 61.2 Å². The topological polar surface area (TPSA) is 138 Å². The lowest BCUT2D eigenvalue weighted by atomic mass is 9.88. The Morgan fingerprint density at radius 1 is 1.16 bits per heavy atom. The number of halogens is 1. The molecule has 2 aliphatic rings. The predicted molar refractivity (Wildman–Crippen MR) is 162 cm³/mol. The Balaban J connectivity index is 1.30. The van der Waals surface area contributed by atoms with Crippen LogP contribution in [0.15, 0.2) is 35.1 Å². The number of aryl methyl sites for hydroxylation is 2. The van der Waals surface area contributed by atoms with Crippen LogP contribution in [0.4, 0.5) is 21.6 Å². The Hall–Kier alpha value is -3.91. The molecular formula is C30H34FN7O4S. The van der Waals surface area contributed by atoms with Gasteiger partial charge in [-0.2, -0.15) is 10.2 Å². The number of likely N-dealkylation sites (tertiary alicyclic amines) is 1. The Bertz CT molecular complexity index is 1790. The van der Waals surface area contributed by atoms with Crippen LogP contribution in [-0.4, -0.2) is 53.7 Å². The minimum Gasteiger partial charge on any atom is -0.392 e. The number of benzene rings is 1. The first-order valence-electron chi connectivity index (χ1n) is 14.1. The lowest BCUT2D eigenvalue weighted by molar-refractivity contribution is 0.0665. The number of hydrogen-bond acceptors (Lipinski definition) is 9. The summed E-state index contributed by atoms with van der Waals surface area (Å²) in [5.74, 6) is -0.772. The number of aliphatic hydroxyl groups is 2. The molecule has 0 radical (unpaired) electrons. The van der Waals surface area contributed by atoms with E-state index in [1.165, 1.54) is 43.0 Å². The number of aromatic nitrogens is 4. The molecule has 0 bridgehead atoms. The van der Waals surface area contributed by atoms with Gasteiger partial charge in [0.05, 0.1) is 34.7 Å². The van der Waals surface area contributed by atoms with Crippen molar-refractivity contribution in [3.05, 3.63) is 73.1 Å². The Labute approximate surface area is 251 Å². The zero-order valence-corrected chi connectivity index (χ0v) is 25.3. The van der Waals surface area contributed by atoms with Crippen LogP contribution >= 0.6 is 11.3 Å². The maximum absolute atomic E-state index is 15.1. The minimum atomic E-state index is -0.724. The Morgan fingerprint density at radius 2 is 1.93 bits per heavy atom. The normalized spacial score (nSPS) is 17.5. The van der Waals surface area contributed by atoms with Gasteiger partial charge in [-0.15, -0.1) is 11.3 Å². The van der Waals surface area contributed by atoms with Crippen LogP contribution < -0.4 is 16.2 Å². The van der Waals surface area contributed by atoms with Gasteiger partial charge in [0, 0.05) is 42.7 Å². The number of carbonyl (C=O) groups is 1. The molecule has 3 aromatic heterocycles. The molecule has 226 valence electrons. The van der Waals surface area contributed by atoms with Crippen molar-refractivity contribution in [1.82, 2.24) is 24.5 Å². The molecule has 1 unspecified atom stereocenters. The number of nitrogens with zero attached hydrogens (tertiary/aromatic N) is 5. The maximum atomic E-state index is 15.1. The van der Waals surface area contributed by atoms with Gasteiger partial charge in [-0.1, -0.05) is 13.8 Å². The SMILES string of the molecule is Cn1nc(Nc2cc(-c3ccc(F)c(NC(=O)c4cc5c(s4)CC(C)(C)C5O)c3CO)nn(C)c2=O)cc1CN1CCC1. The number of aliphatic hydroxyl groups excluding tert-OH is 2. The van der Waals surface area contributed by atoms with E-state index in [9.17, 15) is 19.8 Å². The molecule has 43 heavy (non-hydrogen) atoms. The first kappa shape index (κ1) is 29.2. The van der Waals surface area contributed by atoms with Crippen molar-refractivity contribution in [3.63, 3.8) is 0 Å². The minimum absolute atomic E-state index is 0.116. The largest absolute Gasteiger partial charge is 0.392 e.